The summed E-state index contributed by atoms with van der Waals surface area (Å²) < 4.78 is 0. The number of benzene rings is 1. The van der Waals surface area contributed by atoms with E-state index in [1.54, 1.807) is 0 Å². The van der Waals surface area contributed by atoms with Crippen LogP contribution in [0.1, 0.15) is 24.0 Å². The standard InChI is InChI=1S/C18H16N4O/c23-17-15-14-12(9-11-5-1-2-6-13(11)14)10-19-16(15)20-18(21-17)22-7-3-4-8-22/h1-2,5-6,10H,3-4,7-9H2,(H,19,20,21,23). The van der Waals surface area contributed by atoms with Crippen molar-refractivity contribution in [2.24, 2.45) is 0 Å². The van der Waals surface area contributed by atoms with E-state index in [9.17, 15) is 4.79 Å². The number of pyridine rings is 1. The molecule has 1 aromatic carbocycles. The van der Waals surface area contributed by atoms with E-state index < -0.39 is 0 Å². The highest BCUT2D eigenvalue weighted by Gasteiger charge is 2.24. The molecule has 1 aliphatic carbocycles. The summed E-state index contributed by atoms with van der Waals surface area (Å²) in [4.78, 5) is 27.0. The van der Waals surface area contributed by atoms with Crippen molar-refractivity contribution in [3.63, 3.8) is 0 Å². The number of nitrogens with one attached hydrogen (secondary N) is 1. The lowest BCUT2D eigenvalue weighted by molar-refractivity contribution is 0.897. The van der Waals surface area contributed by atoms with Gasteiger partial charge in [0.05, 0.1) is 5.39 Å². The van der Waals surface area contributed by atoms with Gasteiger partial charge in [-0.15, -0.1) is 0 Å². The Kier molecular flexibility index (Phi) is 2.59. The van der Waals surface area contributed by atoms with Crippen LogP contribution in [0.3, 0.4) is 0 Å². The zero-order valence-electron chi connectivity index (χ0n) is 12.7. The lowest BCUT2D eigenvalue weighted by Crippen LogP contribution is -2.24. The van der Waals surface area contributed by atoms with E-state index >= 15 is 0 Å². The predicted octanol–water partition coefficient (Wildman–Crippen LogP) is 2.49. The lowest BCUT2D eigenvalue weighted by atomic mass is 10.0. The minimum absolute atomic E-state index is 0.0852. The number of rotatable bonds is 1. The fourth-order valence-corrected chi connectivity index (χ4v) is 3.78. The molecule has 0 bridgehead atoms. The average Bonchev–Trinajstić information content (AvgIpc) is 3.22. The van der Waals surface area contributed by atoms with E-state index in [1.807, 2.05) is 18.3 Å². The Bertz CT molecular complexity index is 986. The summed E-state index contributed by atoms with van der Waals surface area (Å²) in [7, 11) is 0. The van der Waals surface area contributed by atoms with E-state index in [0.29, 0.717) is 17.0 Å². The van der Waals surface area contributed by atoms with Crippen molar-refractivity contribution < 1.29 is 0 Å². The number of aromatic nitrogens is 3. The van der Waals surface area contributed by atoms with Crippen LogP contribution in [0.15, 0.2) is 35.3 Å². The minimum atomic E-state index is -0.0852. The second kappa shape index (κ2) is 4.65. The summed E-state index contributed by atoms with van der Waals surface area (Å²) in [5, 5.41) is 0.621. The van der Waals surface area contributed by atoms with Crippen LogP contribution in [0.25, 0.3) is 22.2 Å². The maximum atomic E-state index is 12.8. The van der Waals surface area contributed by atoms with E-state index in [4.69, 9.17) is 0 Å². The van der Waals surface area contributed by atoms with Crippen molar-refractivity contribution in [1.82, 2.24) is 15.0 Å². The number of anilines is 1. The molecule has 3 aromatic rings. The van der Waals surface area contributed by atoms with Gasteiger partial charge in [-0.1, -0.05) is 24.3 Å². The second-order valence-electron chi connectivity index (χ2n) is 6.27. The lowest BCUT2D eigenvalue weighted by Gasteiger charge is -2.16. The zero-order valence-corrected chi connectivity index (χ0v) is 12.7. The molecular formula is C18H16N4O. The summed E-state index contributed by atoms with van der Waals surface area (Å²) in [6.07, 6.45) is 5.00. The van der Waals surface area contributed by atoms with Gasteiger partial charge in [0.2, 0.25) is 5.95 Å². The highest BCUT2D eigenvalue weighted by molar-refractivity contribution is 5.97. The normalized spacial score (nSPS) is 15.9. The van der Waals surface area contributed by atoms with Crippen LogP contribution >= 0.6 is 0 Å². The molecule has 1 aliphatic heterocycles. The number of fused-ring (bicyclic) bond motifs is 5. The molecule has 0 atom stereocenters. The SMILES string of the molecule is O=c1[nH]c(N2CCCC2)nc2ncc3c(c12)-c1ccccc1C3. The smallest absolute Gasteiger partial charge is 0.262 e. The Hall–Kier alpha value is -2.69. The van der Waals surface area contributed by atoms with Gasteiger partial charge in [-0.25, -0.2) is 4.98 Å². The first-order chi connectivity index (χ1) is 11.3. The van der Waals surface area contributed by atoms with Crippen LogP contribution in [-0.4, -0.2) is 28.0 Å². The first-order valence-electron chi connectivity index (χ1n) is 8.06. The molecule has 0 spiro atoms. The van der Waals surface area contributed by atoms with E-state index in [-0.39, 0.29) is 5.56 Å². The first-order valence-corrected chi connectivity index (χ1v) is 8.06. The number of aromatic amines is 1. The largest absolute Gasteiger partial charge is 0.342 e. The third-order valence-corrected chi connectivity index (χ3v) is 4.87. The van der Waals surface area contributed by atoms with Crippen LogP contribution in [0.4, 0.5) is 5.95 Å². The molecule has 2 aromatic heterocycles. The molecular weight excluding hydrogens is 288 g/mol. The Labute approximate surface area is 133 Å². The van der Waals surface area contributed by atoms with Crippen molar-refractivity contribution in [2.45, 2.75) is 19.3 Å². The van der Waals surface area contributed by atoms with Gasteiger partial charge in [0.1, 0.15) is 0 Å². The molecule has 5 nitrogen and oxygen atoms in total. The molecule has 1 saturated heterocycles. The molecule has 5 rings (SSSR count). The summed E-state index contributed by atoms with van der Waals surface area (Å²) in [6, 6.07) is 8.24. The number of hydrogen-bond acceptors (Lipinski definition) is 4. The quantitative estimate of drug-likeness (QED) is 0.587. The van der Waals surface area contributed by atoms with E-state index in [1.165, 1.54) is 5.56 Å². The molecule has 0 amide bonds. The molecule has 5 heteroatoms. The Morgan fingerprint density at radius 2 is 1.91 bits per heavy atom. The first kappa shape index (κ1) is 12.8. The Balaban J connectivity index is 1.78. The molecule has 2 aliphatic rings. The van der Waals surface area contributed by atoms with Crippen LogP contribution in [0.5, 0.6) is 0 Å². The summed E-state index contributed by atoms with van der Waals surface area (Å²) >= 11 is 0. The number of nitrogens with zero attached hydrogens (tertiary/aromatic N) is 3. The monoisotopic (exact) mass is 304 g/mol. The maximum absolute atomic E-state index is 12.8. The van der Waals surface area contributed by atoms with Gasteiger partial charge < -0.3 is 4.90 Å². The van der Waals surface area contributed by atoms with Crippen molar-refractivity contribution >= 4 is 17.0 Å². The zero-order chi connectivity index (χ0) is 15.4. The predicted molar refractivity (Wildman–Crippen MR) is 89.8 cm³/mol. The highest BCUT2D eigenvalue weighted by atomic mass is 16.1. The minimum Gasteiger partial charge on any atom is -0.342 e. The Morgan fingerprint density at radius 3 is 2.78 bits per heavy atom. The summed E-state index contributed by atoms with van der Waals surface area (Å²) in [5.74, 6) is 0.652. The molecule has 1 N–H and O–H groups in total. The van der Waals surface area contributed by atoms with Gasteiger partial charge in [-0.2, -0.15) is 4.98 Å². The average molecular weight is 304 g/mol. The van der Waals surface area contributed by atoms with Gasteiger partial charge in [-0.3, -0.25) is 9.78 Å². The van der Waals surface area contributed by atoms with Crippen LogP contribution in [0, 0.1) is 0 Å². The second-order valence-corrected chi connectivity index (χ2v) is 6.27. The third-order valence-electron chi connectivity index (χ3n) is 4.87. The third kappa shape index (κ3) is 1.82. The van der Waals surface area contributed by atoms with Crippen LogP contribution in [0.2, 0.25) is 0 Å². The fraction of sp³-hybridized carbons (Fsp3) is 0.278. The highest BCUT2D eigenvalue weighted by Crippen LogP contribution is 2.39. The molecule has 0 unspecified atom stereocenters. The molecule has 114 valence electrons. The molecule has 3 heterocycles. The molecule has 1 fully saturated rings. The van der Waals surface area contributed by atoms with Crippen molar-refractivity contribution in [3.8, 4) is 11.1 Å². The van der Waals surface area contributed by atoms with Crippen molar-refractivity contribution in [2.75, 3.05) is 18.0 Å². The van der Waals surface area contributed by atoms with E-state index in [0.717, 1.165) is 49.0 Å². The molecule has 23 heavy (non-hydrogen) atoms. The fourth-order valence-electron chi connectivity index (χ4n) is 3.78. The van der Waals surface area contributed by atoms with Gasteiger partial charge in [0, 0.05) is 31.3 Å². The van der Waals surface area contributed by atoms with Gasteiger partial charge in [0.25, 0.3) is 5.56 Å². The Morgan fingerprint density at radius 1 is 1.09 bits per heavy atom. The van der Waals surface area contributed by atoms with Crippen molar-refractivity contribution in [1.29, 1.82) is 0 Å². The van der Waals surface area contributed by atoms with E-state index in [2.05, 4.69) is 32.0 Å². The van der Waals surface area contributed by atoms with Gasteiger partial charge >= 0.3 is 0 Å². The summed E-state index contributed by atoms with van der Waals surface area (Å²) in [6.45, 7) is 1.89. The number of H-pyrrole nitrogens is 1. The van der Waals surface area contributed by atoms with Gasteiger partial charge in [0.15, 0.2) is 5.65 Å². The van der Waals surface area contributed by atoms with Crippen LogP contribution < -0.4 is 10.5 Å². The maximum Gasteiger partial charge on any atom is 0.262 e. The topological polar surface area (TPSA) is 61.9 Å². The number of hydrogen-bond donors (Lipinski definition) is 1. The summed E-state index contributed by atoms with van der Waals surface area (Å²) in [5.41, 5.74) is 4.97. The molecule has 0 saturated carbocycles. The molecule has 0 radical (unpaired) electrons. The van der Waals surface area contributed by atoms with Crippen molar-refractivity contribution in [3.05, 3.63) is 51.9 Å². The van der Waals surface area contributed by atoms with Crippen LogP contribution in [-0.2, 0) is 6.42 Å². The van der Waals surface area contributed by atoms with Gasteiger partial charge in [-0.05, 0) is 29.5 Å².